The summed E-state index contributed by atoms with van der Waals surface area (Å²) < 4.78 is 0. The van der Waals surface area contributed by atoms with Gasteiger partial charge in [0.05, 0.1) is 4.92 Å². The summed E-state index contributed by atoms with van der Waals surface area (Å²) in [5, 5.41) is 11.9. The van der Waals surface area contributed by atoms with Gasteiger partial charge in [-0.15, -0.1) is 11.3 Å². The summed E-state index contributed by atoms with van der Waals surface area (Å²) in [5.41, 5.74) is 2.06. The van der Waals surface area contributed by atoms with E-state index in [9.17, 15) is 10.1 Å². The standard InChI is InChI=1S/C8H9NO2S/c1-6-7(2)12-5-8(6)3-4-9(10)11/h3-5H,1-2H3/b4-3+. The Kier molecular flexibility index (Phi) is 2.60. The van der Waals surface area contributed by atoms with E-state index >= 15 is 0 Å². The third-order valence-corrected chi connectivity index (χ3v) is 2.73. The number of aryl methyl sites for hydroxylation is 1. The Morgan fingerprint density at radius 3 is 2.67 bits per heavy atom. The lowest BCUT2D eigenvalue weighted by atomic mass is 10.2. The van der Waals surface area contributed by atoms with E-state index in [-0.39, 0.29) is 0 Å². The molecule has 1 rings (SSSR count). The van der Waals surface area contributed by atoms with E-state index in [4.69, 9.17) is 0 Å². The Morgan fingerprint density at radius 2 is 2.25 bits per heavy atom. The van der Waals surface area contributed by atoms with Crippen molar-refractivity contribution in [2.75, 3.05) is 0 Å². The van der Waals surface area contributed by atoms with Gasteiger partial charge in [0.2, 0.25) is 6.20 Å². The van der Waals surface area contributed by atoms with Crippen LogP contribution in [-0.2, 0) is 0 Å². The fraction of sp³-hybridized carbons (Fsp3) is 0.250. The first kappa shape index (κ1) is 8.93. The highest BCUT2D eigenvalue weighted by atomic mass is 32.1. The zero-order valence-corrected chi connectivity index (χ0v) is 7.72. The van der Waals surface area contributed by atoms with Crippen molar-refractivity contribution in [3.8, 4) is 0 Å². The molecule has 1 aromatic heterocycles. The molecule has 0 spiro atoms. The van der Waals surface area contributed by atoms with E-state index in [0.29, 0.717) is 0 Å². The van der Waals surface area contributed by atoms with Crippen molar-refractivity contribution in [2.45, 2.75) is 13.8 Å². The van der Waals surface area contributed by atoms with E-state index in [1.807, 2.05) is 19.2 Å². The number of thiophene rings is 1. The molecule has 0 saturated carbocycles. The lowest BCUT2D eigenvalue weighted by Crippen LogP contribution is -1.82. The van der Waals surface area contributed by atoms with E-state index in [2.05, 4.69) is 0 Å². The van der Waals surface area contributed by atoms with Crippen molar-refractivity contribution in [3.63, 3.8) is 0 Å². The summed E-state index contributed by atoms with van der Waals surface area (Å²) in [6.07, 6.45) is 2.49. The van der Waals surface area contributed by atoms with E-state index in [1.165, 1.54) is 11.0 Å². The molecule has 0 amide bonds. The van der Waals surface area contributed by atoms with Crippen LogP contribution in [0.15, 0.2) is 11.6 Å². The van der Waals surface area contributed by atoms with Gasteiger partial charge in [-0.3, -0.25) is 10.1 Å². The minimum Gasteiger partial charge on any atom is -0.259 e. The van der Waals surface area contributed by atoms with Gasteiger partial charge < -0.3 is 0 Å². The molecular formula is C8H9NO2S. The smallest absolute Gasteiger partial charge is 0.235 e. The van der Waals surface area contributed by atoms with Gasteiger partial charge in [0.15, 0.2) is 0 Å². The minimum absolute atomic E-state index is 0.452. The Bertz CT molecular complexity index is 328. The molecular weight excluding hydrogens is 174 g/mol. The Morgan fingerprint density at radius 1 is 1.58 bits per heavy atom. The Labute approximate surface area is 74.5 Å². The molecule has 12 heavy (non-hydrogen) atoms. The SMILES string of the molecule is Cc1scc(/C=C/[N+](=O)[O-])c1C. The molecule has 0 unspecified atom stereocenters. The third kappa shape index (κ3) is 1.92. The van der Waals surface area contributed by atoms with Crippen LogP contribution in [0.5, 0.6) is 0 Å². The fourth-order valence-corrected chi connectivity index (χ4v) is 1.69. The average Bonchev–Trinajstić information content (AvgIpc) is 2.30. The molecule has 0 aliphatic rings. The second kappa shape index (κ2) is 3.49. The van der Waals surface area contributed by atoms with Crippen LogP contribution in [0.1, 0.15) is 16.0 Å². The number of rotatable bonds is 2. The summed E-state index contributed by atoms with van der Waals surface area (Å²) in [6.45, 7) is 3.97. The molecule has 0 N–H and O–H groups in total. The van der Waals surface area contributed by atoms with Crippen LogP contribution in [0.4, 0.5) is 0 Å². The molecule has 0 saturated heterocycles. The molecule has 1 heterocycles. The first-order valence-electron chi connectivity index (χ1n) is 3.47. The van der Waals surface area contributed by atoms with Crippen molar-refractivity contribution in [1.29, 1.82) is 0 Å². The van der Waals surface area contributed by atoms with Crippen LogP contribution >= 0.6 is 11.3 Å². The van der Waals surface area contributed by atoms with Gasteiger partial charge in [-0.05, 0) is 30.4 Å². The number of hydrogen-bond donors (Lipinski definition) is 0. The highest BCUT2D eigenvalue weighted by molar-refractivity contribution is 7.10. The van der Waals surface area contributed by atoms with Crippen molar-refractivity contribution in [2.24, 2.45) is 0 Å². The number of nitro groups is 1. The molecule has 64 valence electrons. The van der Waals surface area contributed by atoms with Crippen LogP contribution in [0.25, 0.3) is 6.08 Å². The maximum Gasteiger partial charge on any atom is 0.235 e. The minimum atomic E-state index is -0.452. The predicted molar refractivity (Wildman–Crippen MR) is 49.8 cm³/mol. The molecule has 3 nitrogen and oxygen atoms in total. The molecule has 0 atom stereocenters. The number of hydrogen-bond acceptors (Lipinski definition) is 3. The van der Waals surface area contributed by atoms with E-state index < -0.39 is 4.92 Å². The Hall–Kier alpha value is -1.16. The molecule has 1 aromatic rings. The van der Waals surface area contributed by atoms with Crippen molar-refractivity contribution >= 4 is 17.4 Å². The predicted octanol–water partition coefficient (Wildman–Crippen LogP) is 2.61. The lowest BCUT2D eigenvalue weighted by Gasteiger charge is -1.88. The number of nitrogens with zero attached hydrogens (tertiary/aromatic N) is 1. The van der Waals surface area contributed by atoms with E-state index in [1.54, 1.807) is 11.3 Å². The molecule has 0 bridgehead atoms. The molecule has 0 radical (unpaired) electrons. The quantitative estimate of drug-likeness (QED) is 0.522. The van der Waals surface area contributed by atoms with Gasteiger partial charge >= 0.3 is 0 Å². The fourth-order valence-electron chi connectivity index (χ4n) is 0.837. The van der Waals surface area contributed by atoms with Crippen molar-refractivity contribution in [3.05, 3.63) is 37.7 Å². The zero-order chi connectivity index (χ0) is 9.14. The van der Waals surface area contributed by atoms with Crippen molar-refractivity contribution < 1.29 is 4.92 Å². The van der Waals surface area contributed by atoms with Gasteiger partial charge in [0.1, 0.15) is 0 Å². The first-order chi connectivity index (χ1) is 5.61. The molecule has 0 aliphatic heterocycles. The summed E-state index contributed by atoms with van der Waals surface area (Å²) in [5.74, 6) is 0. The van der Waals surface area contributed by atoms with Crippen LogP contribution in [0.2, 0.25) is 0 Å². The second-order valence-corrected chi connectivity index (χ2v) is 3.56. The first-order valence-corrected chi connectivity index (χ1v) is 4.35. The summed E-state index contributed by atoms with van der Waals surface area (Å²) in [7, 11) is 0. The largest absolute Gasteiger partial charge is 0.259 e. The summed E-state index contributed by atoms with van der Waals surface area (Å²) in [6, 6.07) is 0. The van der Waals surface area contributed by atoms with Crippen molar-refractivity contribution in [1.82, 2.24) is 0 Å². The van der Waals surface area contributed by atoms with Crippen LogP contribution in [-0.4, -0.2) is 4.92 Å². The second-order valence-electron chi connectivity index (χ2n) is 2.47. The maximum atomic E-state index is 10.0. The van der Waals surface area contributed by atoms with Crippen LogP contribution in [0, 0.1) is 24.0 Å². The van der Waals surface area contributed by atoms with Gasteiger partial charge in [-0.25, -0.2) is 0 Å². The summed E-state index contributed by atoms with van der Waals surface area (Å²) >= 11 is 1.61. The summed E-state index contributed by atoms with van der Waals surface area (Å²) in [4.78, 5) is 10.8. The monoisotopic (exact) mass is 183 g/mol. The molecule has 0 aromatic carbocycles. The molecule has 0 aliphatic carbocycles. The lowest BCUT2D eigenvalue weighted by molar-refractivity contribution is -0.400. The highest BCUT2D eigenvalue weighted by Gasteiger charge is 2.00. The normalized spacial score (nSPS) is 10.8. The van der Waals surface area contributed by atoms with Gasteiger partial charge in [0, 0.05) is 11.0 Å². The van der Waals surface area contributed by atoms with Crippen LogP contribution in [0.3, 0.4) is 0 Å². The molecule has 0 fully saturated rings. The average molecular weight is 183 g/mol. The third-order valence-electron chi connectivity index (χ3n) is 1.70. The van der Waals surface area contributed by atoms with Gasteiger partial charge in [-0.1, -0.05) is 0 Å². The maximum absolute atomic E-state index is 10.0. The Balaban J connectivity index is 2.90. The van der Waals surface area contributed by atoms with Gasteiger partial charge in [0.25, 0.3) is 0 Å². The molecule has 4 heteroatoms. The van der Waals surface area contributed by atoms with Gasteiger partial charge in [-0.2, -0.15) is 0 Å². The topological polar surface area (TPSA) is 43.1 Å². The van der Waals surface area contributed by atoms with Crippen LogP contribution < -0.4 is 0 Å². The zero-order valence-electron chi connectivity index (χ0n) is 6.90. The van der Waals surface area contributed by atoms with E-state index in [0.717, 1.165) is 17.3 Å². The highest BCUT2D eigenvalue weighted by Crippen LogP contribution is 2.21.